The fourth-order valence-electron chi connectivity index (χ4n) is 2.90. The van der Waals surface area contributed by atoms with Crippen molar-refractivity contribution in [2.24, 2.45) is 0 Å². The Morgan fingerprint density at radius 3 is 2.33 bits per heavy atom. The van der Waals surface area contributed by atoms with Crippen molar-refractivity contribution in [3.63, 3.8) is 0 Å². The zero-order valence-corrected chi connectivity index (χ0v) is 17.6. The van der Waals surface area contributed by atoms with Gasteiger partial charge in [-0.3, -0.25) is 0 Å². The number of hydrogen-bond acceptors (Lipinski definition) is 2. The summed E-state index contributed by atoms with van der Waals surface area (Å²) in [6.45, 7) is 10.0. The lowest BCUT2D eigenvalue weighted by Gasteiger charge is -2.30. The van der Waals surface area contributed by atoms with Crippen LogP contribution in [0.3, 0.4) is 0 Å². The standard InChI is InChI=1S/C21H27BF2NOP/c1-6-15-12-17(23)18(22)19(24)20(15)25-21(3,4)13-14-8-10-16(11-9-14)26-27(5)7-2/h8-12,25H,6-7,13H2,1-5H3. The molecule has 0 aliphatic rings. The predicted molar refractivity (Wildman–Crippen MR) is 113 cm³/mol. The van der Waals surface area contributed by atoms with Crippen LogP contribution in [0.2, 0.25) is 0 Å². The summed E-state index contributed by atoms with van der Waals surface area (Å²) >= 11 is 0. The molecule has 2 aromatic rings. The first-order chi connectivity index (χ1) is 12.7. The molecule has 2 radical (unpaired) electrons. The van der Waals surface area contributed by atoms with Gasteiger partial charge < -0.3 is 9.84 Å². The van der Waals surface area contributed by atoms with Crippen LogP contribution >= 0.6 is 8.15 Å². The summed E-state index contributed by atoms with van der Waals surface area (Å²) in [6.07, 6.45) is 2.19. The maximum absolute atomic E-state index is 14.5. The van der Waals surface area contributed by atoms with E-state index in [-0.39, 0.29) is 5.69 Å². The molecule has 27 heavy (non-hydrogen) atoms. The van der Waals surface area contributed by atoms with Gasteiger partial charge in [0.05, 0.1) is 13.8 Å². The largest absolute Gasteiger partial charge is 0.474 e. The van der Waals surface area contributed by atoms with Crippen LogP contribution in [0.5, 0.6) is 5.75 Å². The highest BCUT2D eigenvalue weighted by Crippen LogP contribution is 2.34. The van der Waals surface area contributed by atoms with Crippen molar-refractivity contribution in [3.8, 4) is 5.75 Å². The van der Waals surface area contributed by atoms with E-state index in [9.17, 15) is 8.78 Å². The van der Waals surface area contributed by atoms with Crippen LogP contribution < -0.4 is 15.3 Å². The average molecular weight is 389 g/mol. The van der Waals surface area contributed by atoms with Gasteiger partial charge in [-0.25, -0.2) is 8.78 Å². The quantitative estimate of drug-likeness (QED) is 0.496. The highest BCUT2D eigenvalue weighted by atomic mass is 31.1. The summed E-state index contributed by atoms with van der Waals surface area (Å²) in [6, 6.07) is 9.28. The Labute approximate surface area is 164 Å². The minimum absolute atomic E-state index is 0.279. The summed E-state index contributed by atoms with van der Waals surface area (Å²) in [5, 5.41) is 3.23. The van der Waals surface area contributed by atoms with Crippen LogP contribution in [0, 0.1) is 11.6 Å². The minimum atomic E-state index is -0.723. The van der Waals surface area contributed by atoms with Gasteiger partial charge in [-0.1, -0.05) is 26.0 Å². The fraction of sp³-hybridized carbons (Fsp3) is 0.429. The third kappa shape index (κ3) is 5.68. The lowest BCUT2D eigenvalue weighted by molar-refractivity contribution is 0.546. The molecule has 0 heterocycles. The van der Waals surface area contributed by atoms with Gasteiger partial charge in [0, 0.05) is 5.54 Å². The van der Waals surface area contributed by atoms with E-state index in [0.29, 0.717) is 18.4 Å². The predicted octanol–water partition coefficient (Wildman–Crippen LogP) is 5.18. The van der Waals surface area contributed by atoms with Gasteiger partial charge in [-0.2, -0.15) is 0 Å². The number of benzene rings is 2. The smallest absolute Gasteiger partial charge is 0.142 e. The third-order valence-electron chi connectivity index (χ3n) is 4.46. The van der Waals surface area contributed by atoms with Crippen LogP contribution in [0.25, 0.3) is 0 Å². The first-order valence-electron chi connectivity index (χ1n) is 9.19. The van der Waals surface area contributed by atoms with Crippen molar-refractivity contribution in [2.75, 3.05) is 18.1 Å². The summed E-state index contributed by atoms with van der Waals surface area (Å²) in [5.41, 5.74) is 1.06. The monoisotopic (exact) mass is 389 g/mol. The highest BCUT2D eigenvalue weighted by molar-refractivity contribution is 7.52. The maximum atomic E-state index is 14.5. The summed E-state index contributed by atoms with van der Waals surface area (Å²) < 4.78 is 34.1. The maximum Gasteiger partial charge on any atom is 0.142 e. The van der Waals surface area contributed by atoms with E-state index in [1.807, 2.05) is 45.0 Å². The molecule has 0 saturated heterocycles. The fourth-order valence-corrected chi connectivity index (χ4v) is 3.51. The Kier molecular flexibility index (Phi) is 7.28. The zero-order chi connectivity index (χ0) is 20.2. The molecule has 2 rings (SSSR count). The molecule has 0 aliphatic heterocycles. The van der Waals surface area contributed by atoms with E-state index >= 15 is 0 Å². The average Bonchev–Trinajstić information content (AvgIpc) is 2.63. The van der Waals surface area contributed by atoms with Crippen molar-refractivity contribution in [1.82, 2.24) is 0 Å². The third-order valence-corrected chi connectivity index (χ3v) is 5.87. The molecule has 0 saturated carbocycles. The van der Waals surface area contributed by atoms with Crippen LogP contribution in [0.15, 0.2) is 30.3 Å². The molecule has 1 atom stereocenters. The van der Waals surface area contributed by atoms with Crippen molar-refractivity contribution < 1.29 is 13.3 Å². The molecule has 2 aromatic carbocycles. The van der Waals surface area contributed by atoms with Gasteiger partial charge in [-0.05, 0) is 74.3 Å². The normalized spacial score (nSPS) is 12.7. The van der Waals surface area contributed by atoms with E-state index in [1.165, 1.54) is 6.07 Å². The number of anilines is 1. The molecule has 0 bridgehead atoms. The lowest BCUT2D eigenvalue weighted by Crippen LogP contribution is -2.35. The van der Waals surface area contributed by atoms with Crippen molar-refractivity contribution in [1.29, 1.82) is 0 Å². The van der Waals surface area contributed by atoms with E-state index in [4.69, 9.17) is 12.4 Å². The van der Waals surface area contributed by atoms with Gasteiger partial charge >= 0.3 is 0 Å². The van der Waals surface area contributed by atoms with Crippen LogP contribution in [0.4, 0.5) is 14.5 Å². The summed E-state index contributed by atoms with van der Waals surface area (Å²) in [7, 11) is 5.11. The van der Waals surface area contributed by atoms with E-state index in [2.05, 4.69) is 18.9 Å². The van der Waals surface area contributed by atoms with E-state index in [0.717, 1.165) is 17.5 Å². The Balaban J connectivity index is 2.17. The Bertz CT molecular complexity index is 781. The van der Waals surface area contributed by atoms with Crippen LogP contribution in [-0.4, -0.2) is 26.2 Å². The first kappa shape index (κ1) is 21.7. The minimum Gasteiger partial charge on any atom is -0.474 e. The molecule has 0 spiro atoms. The second-order valence-corrected chi connectivity index (χ2v) is 9.41. The number of aryl methyl sites for hydroxylation is 1. The van der Waals surface area contributed by atoms with Gasteiger partial charge in [0.1, 0.15) is 25.2 Å². The second-order valence-electron chi connectivity index (χ2n) is 7.34. The number of halogens is 2. The number of hydrogen-bond donors (Lipinski definition) is 1. The molecule has 0 aliphatic carbocycles. The Hall–Kier alpha value is -1.61. The Morgan fingerprint density at radius 2 is 1.78 bits per heavy atom. The molecular formula is C21H27BF2NOP. The van der Waals surface area contributed by atoms with Gasteiger partial charge in [0.2, 0.25) is 0 Å². The molecule has 144 valence electrons. The van der Waals surface area contributed by atoms with Gasteiger partial charge in [0.15, 0.2) is 0 Å². The number of rotatable bonds is 8. The molecule has 2 nitrogen and oxygen atoms in total. The second kappa shape index (κ2) is 9.06. The van der Waals surface area contributed by atoms with Gasteiger partial charge in [-0.15, -0.1) is 0 Å². The SMILES string of the molecule is [B]c1c(F)cc(CC)c(NC(C)(C)Cc2ccc(OP(C)CC)cc2)c1F. The molecule has 1 N–H and O–H groups in total. The van der Waals surface area contributed by atoms with Crippen molar-refractivity contribution in [3.05, 3.63) is 53.1 Å². The molecule has 1 unspecified atom stereocenters. The van der Waals surface area contributed by atoms with E-state index in [1.54, 1.807) is 0 Å². The van der Waals surface area contributed by atoms with Crippen molar-refractivity contribution in [2.45, 2.75) is 46.1 Å². The topological polar surface area (TPSA) is 21.3 Å². The Morgan fingerprint density at radius 1 is 1.15 bits per heavy atom. The van der Waals surface area contributed by atoms with E-state index < -0.39 is 30.8 Å². The van der Waals surface area contributed by atoms with Crippen LogP contribution in [0.1, 0.15) is 38.8 Å². The summed E-state index contributed by atoms with van der Waals surface area (Å²) in [5.74, 6) is -0.573. The first-order valence-corrected chi connectivity index (χ1v) is 11.1. The molecule has 0 amide bonds. The van der Waals surface area contributed by atoms with Crippen molar-refractivity contribution >= 4 is 27.1 Å². The van der Waals surface area contributed by atoms with Crippen LogP contribution in [-0.2, 0) is 12.8 Å². The highest BCUT2D eigenvalue weighted by Gasteiger charge is 2.23. The van der Waals surface area contributed by atoms with Gasteiger partial charge in [0.25, 0.3) is 0 Å². The molecule has 0 aromatic heterocycles. The lowest BCUT2D eigenvalue weighted by atomic mass is 9.89. The molecule has 6 heteroatoms. The zero-order valence-electron chi connectivity index (χ0n) is 16.7. The number of nitrogens with one attached hydrogen (secondary N) is 1. The molecule has 0 fully saturated rings. The summed E-state index contributed by atoms with van der Waals surface area (Å²) in [4.78, 5) is 0. The molecular weight excluding hydrogens is 362 g/mol.